The first-order chi connectivity index (χ1) is 8.11. The number of hydrogen-bond acceptors (Lipinski definition) is 2. The predicted molar refractivity (Wildman–Crippen MR) is 64.9 cm³/mol. The molecule has 17 heavy (non-hydrogen) atoms. The van der Waals surface area contributed by atoms with Crippen molar-refractivity contribution in [1.82, 2.24) is 9.78 Å². The molecule has 88 valence electrons. The molecule has 0 saturated carbocycles. The molecule has 0 unspecified atom stereocenters. The molecule has 0 atom stereocenters. The Kier molecular flexibility index (Phi) is 3.15. The average molecular weight is 251 g/mol. The molecule has 0 spiro atoms. The van der Waals surface area contributed by atoms with E-state index in [2.05, 4.69) is 5.10 Å². The number of rotatable bonds is 3. The van der Waals surface area contributed by atoms with Gasteiger partial charge in [-0.2, -0.15) is 5.10 Å². The van der Waals surface area contributed by atoms with Gasteiger partial charge < -0.3 is 5.11 Å². The highest BCUT2D eigenvalue weighted by molar-refractivity contribution is 6.30. The van der Waals surface area contributed by atoms with Crippen LogP contribution in [-0.4, -0.2) is 20.9 Å². The maximum atomic E-state index is 10.8. The maximum Gasteiger partial charge on any atom is 0.338 e. The van der Waals surface area contributed by atoms with Gasteiger partial charge in [0, 0.05) is 11.2 Å². The number of halogens is 1. The number of nitrogens with zero attached hydrogens (tertiary/aromatic N) is 2. The third kappa shape index (κ3) is 2.31. The molecule has 0 aliphatic heterocycles. The fourth-order valence-corrected chi connectivity index (χ4v) is 1.82. The average Bonchev–Trinajstić information content (AvgIpc) is 2.78. The first-order valence-electron chi connectivity index (χ1n) is 5.18. The quantitative estimate of drug-likeness (QED) is 0.911. The summed E-state index contributed by atoms with van der Waals surface area (Å²) in [5.41, 5.74) is 2.05. The lowest BCUT2D eigenvalue weighted by Gasteiger charge is -2.07. The number of carbonyl (C=O) groups is 1. The van der Waals surface area contributed by atoms with E-state index in [1.54, 1.807) is 10.7 Å². The summed E-state index contributed by atoms with van der Waals surface area (Å²) in [4.78, 5) is 10.8. The van der Waals surface area contributed by atoms with Crippen LogP contribution in [0.15, 0.2) is 30.6 Å². The monoisotopic (exact) mass is 250 g/mol. The Labute approximate surface area is 103 Å². The van der Waals surface area contributed by atoms with Crippen molar-refractivity contribution in [3.8, 4) is 5.69 Å². The van der Waals surface area contributed by atoms with Crippen molar-refractivity contribution >= 4 is 17.6 Å². The van der Waals surface area contributed by atoms with Crippen molar-refractivity contribution in [3.63, 3.8) is 0 Å². The predicted octanol–water partition coefficient (Wildman–Crippen LogP) is 2.79. The Morgan fingerprint density at radius 2 is 2.29 bits per heavy atom. The van der Waals surface area contributed by atoms with Crippen LogP contribution < -0.4 is 0 Å². The van der Waals surface area contributed by atoms with Crippen LogP contribution in [0.1, 0.15) is 22.8 Å². The fraction of sp³-hybridized carbons (Fsp3) is 0.167. The van der Waals surface area contributed by atoms with Gasteiger partial charge in [0.2, 0.25) is 0 Å². The summed E-state index contributed by atoms with van der Waals surface area (Å²) in [6.45, 7) is 2.01. The Hall–Kier alpha value is -1.81. The number of aryl methyl sites for hydroxylation is 1. The summed E-state index contributed by atoms with van der Waals surface area (Å²) < 4.78 is 1.55. The molecular formula is C12H11ClN2O2. The van der Waals surface area contributed by atoms with E-state index in [1.807, 2.05) is 19.1 Å². The number of carboxylic acids is 1. The van der Waals surface area contributed by atoms with Crippen molar-refractivity contribution in [2.75, 3.05) is 0 Å². The van der Waals surface area contributed by atoms with E-state index in [9.17, 15) is 4.79 Å². The van der Waals surface area contributed by atoms with E-state index in [0.717, 1.165) is 17.7 Å². The molecule has 0 saturated heterocycles. The van der Waals surface area contributed by atoms with E-state index in [0.29, 0.717) is 5.02 Å². The number of hydrogen-bond donors (Lipinski definition) is 1. The molecule has 0 aliphatic rings. The summed E-state index contributed by atoms with van der Waals surface area (Å²) in [5, 5.41) is 13.5. The van der Waals surface area contributed by atoms with Gasteiger partial charge in [0.1, 0.15) is 0 Å². The van der Waals surface area contributed by atoms with Gasteiger partial charge >= 0.3 is 5.97 Å². The molecule has 0 fully saturated rings. The molecule has 0 amide bonds. The zero-order valence-corrected chi connectivity index (χ0v) is 9.98. The van der Waals surface area contributed by atoms with Crippen molar-refractivity contribution in [2.45, 2.75) is 13.3 Å². The molecule has 0 aliphatic carbocycles. The lowest BCUT2D eigenvalue weighted by Crippen LogP contribution is -2.00. The van der Waals surface area contributed by atoms with Crippen molar-refractivity contribution in [1.29, 1.82) is 0 Å². The Morgan fingerprint density at radius 3 is 2.88 bits per heavy atom. The molecule has 4 nitrogen and oxygen atoms in total. The van der Waals surface area contributed by atoms with Crippen LogP contribution in [0.2, 0.25) is 5.02 Å². The van der Waals surface area contributed by atoms with Crippen LogP contribution >= 0.6 is 11.6 Å². The SMILES string of the molecule is CCc1cc(Cl)ccc1-n1cc(C(=O)O)cn1. The van der Waals surface area contributed by atoms with Gasteiger partial charge in [0.05, 0.1) is 17.4 Å². The minimum absolute atomic E-state index is 0.169. The van der Waals surface area contributed by atoms with Crippen LogP contribution in [0.3, 0.4) is 0 Å². The summed E-state index contributed by atoms with van der Waals surface area (Å²) in [6.07, 6.45) is 3.62. The third-order valence-electron chi connectivity index (χ3n) is 2.50. The Bertz CT molecular complexity index is 563. The van der Waals surface area contributed by atoms with E-state index in [4.69, 9.17) is 16.7 Å². The summed E-state index contributed by atoms with van der Waals surface area (Å²) in [6, 6.07) is 5.46. The van der Waals surface area contributed by atoms with Crippen LogP contribution in [0.25, 0.3) is 5.69 Å². The zero-order chi connectivity index (χ0) is 12.4. The van der Waals surface area contributed by atoms with Gasteiger partial charge in [0.25, 0.3) is 0 Å². The Morgan fingerprint density at radius 1 is 1.53 bits per heavy atom. The smallest absolute Gasteiger partial charge is 0.338 e. The molecule has 1 aromatic heterocycles. The topological polar surface area (TPSA) is 55.1 Å². The molecule has 2 rings (SSSR count). The number of benzene rings is 1. The van der Waals surface area contributed by atoms with E-state index >= 15 is 0 Å². The van der Waals surface area contributed by atoms with E-state index in [-0.39, 0.29) is 5.56 Å². The maximum absolute atomic E-state index is 10.8. The minimum Gasteiger partial charge on any atom is -0.478 e. The standard InChI is InChI=1S/C12H11ClN2O2/c1-2-8-5-10(13)3-4-11(8)15-7-9(6-14-15)12(16)17/h3-7H,2H2,1H3,(H,16,17). The van der Waals surface area contributed by atoms with Gasteiger partial charge in [-0.15, -0.1) is 0 Å². The third-order valence-corrected chi connectivity index (χ3v) is 2.73. The molecule has 1 aromatic carbocycles. The second-order valence-electron chi connectivity index (χ2n) is 3.61. The molecule has 1 heterocycles. The molecule has 2 aromatic rings. The van der Waals surface area contributed by atoms with Crippen LogP contribution in [0.4, 0.5) is 0 Å². The van der Waals surface area contributed by atoms with Gasteiger partial charge in [-0.05, 0) is 30.2 Å². The van der Waals surface area contributed by atoms with E-state index < -0.39 is 5.97 Å². The van der Waals surface area contributed by atoms with Crippen LogP contribution in [-0.2, 0) is 6.42 Å². The fourth-order valence-electron chi connectivity index (χ4n) is 1.63. The van der Waals surface area contributed by atoms with Crippen LogP contribution in [0.5, 0.6) is 0 Å². The zero-order valence-electron chi connectivity index (χ0n) is 9.22. The van der Waals surface area contributed by atoms with Gasteiger partial charge in [-0.3, -0.25) is 0 Å². The Balaban J connectivity index is 2.48. The molecule has 5 heteroatoms. The van der Waals surface area contributed by atoms with Crippen molar-refractivity contribution in [2.24, 2.45) is 0 Å². The second-order valence-corrected chi connectivity index (χ2v) is 4.04. The molecule has 1 N–H and O–H groups in total. The normalized spacial score (nSPS) is 10.5. The van der Waals surface area contributed by atoms with Crippen LogP contribution in [0, 0.1) is 0 Å². The first kappa shape index (κ1) is 11.7. The van der Waals surface area contributed by atoms with Gasteiger partial charge in [-0.1, -0.05) is 18.5 Å². The lowest BCUT2D eigenvalue weighted by molar-refractivity contribution is 0.0697. The van der Waals surface area contributed by atoms with Crippen molar-refractivity contribution in [3.05, 3.63) is 46.7 Å². The molecule has 0 bridgehead atoms. The number of aromatic nitrogens is 2. The highest BCUT2D eigenvalue weighted by atomic mass is 35.5. The lowest BCUT2D eigenvalue weighted by atomic mass is 10.1. The second kappa shape index (κ2) is 4.59. The van der Waals surface area contributed by atoms with Gasteiger partial charge in [-0.25, -0.2) is 9.48 Å². The highest BCUT2D eigenvalue weighted by Crippen LogP contribution is 2.20. The van der Waals surface area contributed by atoms with Gasteiger partial charge in [0.15, 0.2) is 0 Å². The molecular weight excluding hydrogens is 240 g/mol. The largest absolute Gasteiger partial charge is 0.478 e. The van der Waals surface area contributed by atoms with E-state index in [1.165, 1.54) is 12.4 Å². The minimum atomic E-state index is -0.983. The number of carboxylic acid groups (broad SMARTS) is 1. The summed E-state index contributed by atoms with van der Waals surface area (Å²) >= 11 is 5.91. The first-order valence-corrected chi connectivity index (χ1v) is 5.56. The number of aromatic carboxylic acids is 1. The summed E-state index contributed by atoms with van der Waals surface area (Å²) in [7, 11) is 0. The molecule has 0 radical (unpaired) electrons. The summed E-state index contributed by atoms with van der Waals surface area (Å²) in [5.74, 6) is -0.983. The van der Waals surface area contributed by atoms with Crippen molar-refractivity contribution < 1.29 is 9.90 Å². The highest BCUT2D eigenvalue weighted by Gasteiger charge is 2.09.